The van der Waals surface area contributed by atoms with Crippen LogP contribution in [0, 0.1) is 13.8 Å². The molecule has 0 radical (unpaired) electrons. The number of aryl methyl sites for hydroxylation is 2. The van der Waals surface area contributed by atoms with E-state index >= 15 is 0 Å². The molecule has 4 nitrogen and oxygen atoms in total. The molecule has 0 aromatic heterocycles. The largest absolute Gasteiger partial charge is 0.370 e. The van der Waals surface area contributed by atoms with Gasteiger partial charge in [-0.15, -0.1) is 0 Å². The minimum Gasteiger partial charge on any atom is -0.370 e. The summed E-state index contributed by atoms with van der Waals surface area (Å²) in [6, 6.07) is 6.77. The van der Waals surface area contributed by atoms with Gasteiger partial charge in [-0.2, -0.15) is 0 Å². The molecule has 4 heteroatoms. The summed E-state index contributed by atoms with van der Waals surface area (Å²) in [4.78, 5) is 10.5. The van der Waals surface area contributed by atoms with Gasteiger partial charge in [0, 0.05) is 12.6 Å². The minimum atomic E-state index is -0.433. The molecule has 1 aromatic carbocycles. The fourth-order valence-electron chi connectivity index (χ4n) is 1.90. The summed E-state index contributed by atoms with van der Waals surface area (Å²) in [6.45, 7) is 7.47. The van der Waals surface area contributed by atoms with E-state index in [1.807, 2.05) is 0 Å². The molecule has 3 N–H and O–H groups in total. The highest BCUT2D eigenvalue weighted by Crippen LogP contribution is 2.16. The molecule has 1 rings (SSSR count). The molecule has 0 aliphatic heterocycles. The van der Waals surface area contributed by atoms with Gasteiger partial charge < -0.3 is 15.8 Å². The van der Waals surface area contributed by atoms with Crippen molar-refractivity contribution in [3.8, 4) is 0 Å². The Morgan fingerprint density at radius 1 is 1.33 bits per heavy atom. The van der Waals surface area contributed by atoms with Crippen molar-refractivity contribution in [1.82, 2.24) is 5.32 Å². The van der Waals surface area contributed by atoms with Gasteiger partial charge in [-0.05, 0) is 26.3 Å². The first kappa shape index (κ1) is 14.7. The van der Waals surface area contributed by atoms with Crippen molar-refractivity contribution >= 4 is 5.91 Å². The van der Waals surface area contributed by atoms with Gasteiger partial charge in [0.2, 0.25) is 5.91 Å². The van der Waals surface area contributed by atoms with E-state index in [1.54, 1.807) is 0 Å². The van der Waals surface area contributed by atoms with Gasteiger partial charge in [-0.3, -0.25) is 4.79 Å². The zero-order chi connectivity index (χ0) is 13.5. The Labute approximate surface area is 109 Å². The first-order chi connectivity index (χ1) is 8.49. The van der Waals surface area contributed by atoms with Crippen LogP contribution in [0.2, 0.25) is 0 Å². The first-order valence-corrected chi connectivity index (χ1v) is 6.16. The van der Waals surface area contributed by atoms with Crippen LogP contribution in [0.1, 0.15) is 29.7 Å². The van der Waals surface area contributed by atoms with Gasteiger partial charge in [0.1, 0.15) is 6.61 Å². The Bertz CT molecular complexity index is 385. The topological polar surface area (TPSA) is 64.3 Å². The lowest BCUT2D eigenvalue weighted by atomic mass is 10.0. The third kappa shape index (κ3) is 5.29. The number of carbonyl (C=O) groups excluding carboxylic acids is 1. The number of ether oxygens (including phenoxy) is 1. The van der Waals surface area contributed by atoms with E-state index in [4.69, 9.17) is 10.5 Å². The zero-order valence-electron chi connectivity index (χ0n) is 11.3. The van der Waals surface area contributed by atoms with Crippen LogP contribution in [0.5, 0.6) is 0 Å². The van der Waals surface area contributed by atoms with E-state index in [1.165, 1.54) is 16.7 Å². The van der Waals surface area contributed by atoms with Crippen molar-refractivity contribution in [2.24, 2.45) is 5.73 Å². The SMILES string of the molecule is Cc1cc(C)cc(C(C)NCCOCC(N)=O)c1. The highest BCUT2D eigenvalue weighted by atomic mass is 16.5. The predicted molar refractivity (Wildman–Crippen MR) is 72.3 cm³/mol. The lowest BCUT2D eigenvalue weighted by molar-refractivity contribution is -0.122. The molecule has 0 spiro atoms. The van der Waals surface area contributed by atoms with Crippen molar-refractivity contribution in [3.05, 3.63) is 34.9 Å². The normalized spacial score (nSPS) is 12.4. The summed E-state index contributed by atoms with van der Waals surface area (Å²) in [5, 5.41) is 3.35. The third-order valence-corrected chi connectivity index (χ3v) is 2.69. The quantitative estimate of drug-likeness (QED) is 0.720. The molecular weight excluding hydrogens is 228 g/mol. The van der Waals surface area contributed by atoms with Crippen molar-refractivity contribution in [1.29, 1.82) is 0 Å². The van der Waals surface area contributed by atoms with Crippen LogP contribution >= 0.6 is 0 Å². The summed E-state index contributed by atoms with van der Waals surface area (Å²) >= 11 is 0. The van der Waals surface area contributed by atoms with Gasteiger partial charge in [-0.1, -0.05) is 29.3 Å². The Morgan fingerprint density at radius 3 is 2.50 bits per heavy atom. The number of nitrogens with one attached hydrogen (secondary N) is 1. The molecule has 0 heterocycles. The monoisotopic (exact) mass is 250 g/mol. The van der Waals surface area contributed by atoms with Crippen molar-refractivity contribution in [2.75, 3.05) is 19.8 Å². The Balaban J connectivity index is 2.36. The van der Waals surface area contributed by atoms with Gasteiger partial charge in [-0.25, -0.2) is 0 Å². The maximum absolute atomic E-state index is 10.5. The molecule has 18 heavy (non-hydrogen) atoms. The van der Waals surface area contributed by atoms with E-state index in [9.17, 15) is 4.79 Å². The van der Waals surface area contributed by atoms with Crippen molar-refractivity contribution < 1.29 is 9.53 Å². The average Bonchev–Trinajstić information content (AvgIpc) is 2.26. The van der Waals surface area contributed by atoms with E-state index in [-0.39, 0.29) is 12.6 Å². The Morgan fingerprint density at radius 2 is 1.94 bits per heavy atom. The molecule has 0 saturated heterocycles. The highest BCUT2D eigenvalue weighted by Gasteiger charge is 2.05. The first-order valence-electron chi connectivity index (χ1n) is 6.16. The molecular formula is C14H22N2O2. The maximum Gasteiger partial charge on any atom is 0.243 e. The van der Waals surface area contributed by atoms with Gasteiger partial charge in [0.25, 0.3) is 0 Å². The maximum atomic E-state index is 10.5. The molecule has 1 aromatic rings. The molecule has 1 unspecified atom stereocenters. The number of carbonyl (C=O) groups is 1. The molecule has 0 saturated carbocycles. The number of hydrogen-bond acceptors (Lipinski definition) is 3. The third-order valence-electron chi connectivity index (χ3n) is 2.69. The Kier molecular flexibility index (Phi) is 5.82. The van der Waals surface area contributed by atoms with Crippen LogP contribution in [0.3, 0.4) is 0 Å². The molecule has 0 aliphatic rings. The lowest BCUT2D eigenvalue weighted by Crippen LogP contribution is -2.26. The fourth-order valence-corrected chi connectivity index (χ4v) is 1.90. The van der Waals surface area contributed by atoms with Gasteiger partial charge in [0.15, 0.2) is 0 Å². The van der Waals surface area contributed by atoms with E-state index in [0.29, 0.717) is 13.2 Å². The molecule has 100 valence electrons. The minimum absolute atomic E-state index is 0.0143. The average molecular weight is 250 g/mol. The smallest absolute Gasteiger partial charge is 0.243 e. The molecule has 0 aliphatic carbocycles. The van der Waals surface area contributed by atoms with Crippen LogP contribution < -0.4 is 11.1 Å². The van der Waals surface area contributed by atoms with Gasteiger partial charge in [0.05, 0.1) is 6.61 Å². The van der Waals surface area contributed by atoms with Gasteiger partial charge >= 0.3 is 0 Å². The predicted octanol–water partition coefficient (Wildman–Crippen LogP) is 1.46. The summed E-state index contributed by atoms with van der Waals surface area (Å²) in [7, 11) is 0. The van der Waals surface area contributed by atoms with Crippen molar-refractivity contribution in [3.63, 3.8) is 0 Å². The number of amides is 1. The highest BCUT2D eigenvalue weighted by molar-refractivity contribution is 5.74. The second kappa shape index (κ2) is 7.13. The molecule has 1 atom stereocenters. The fraction of sp³-hybridized carbons (Fsp3) is 0.500. The summed E-state index contributed by atoms with van der Waals surface area (Å²) in [5.41, 5.74) is 8.78. The Hall–Kier alpha value is -1.39. The van der Waals surface area contributed by atoms with Crippen LogP contribution in [0.25, 0.3) is 0 Å². The second-order valence-electron chi connectivity index (χ2n) is 4.62. The number of nitrogens with two attached hydrogens (primary N) is 1. The van der Waals surface area contributed by atoms with Crippen LogP contribution in [0.15, 0.2) is 18.2 Å². The zero-order valence-corrected chi connectivity index (χ0v) is 11.3. The van der Waals surface area contributed by atoms with Crippen LogP contribution in [0.4, 0.5) is 0 Å². The van der Waals surface area contributed by atoms with Crippen LogP contribution in [-0.4, -0.2) is 25.7 Å². The lowest BCUT2D eigenvalue weighted by Gasteiger charge is -2.15. The number of primary amides is 1. The molecule has 0 bridgehead atoms. The molecule has 1 amide bonds. The van der Waals surface area contributed by atoms with Crippen molar-refractivity contribution in [2.45, 2.75) is 26.8 Å². The standard InChI is InChI=1S/C14H22N2O2/c1-10-6-11(2)8-13(7-10)12(3)16-4-5-18-9-14(15)17/h6-8,12,16H,4-5,9H2,1-3H3,(H2,15,17). The summed E-state index contributed by atoms with van der Waals surface area (Å²) in [5.74, 6) is -0.433. The number of hydrogen-bond donors (Lipinski definition) is 2. The van der Waals surface area contributed by atoms with E-state index in [2.05, 4.69) is 44.3 Å². The molecule has 0 fully saturated rings. The number of rotatable bonds is 7. The summed E-state index contributed by atoms with van der Waals surface area (Å²) < 4.78 is 5.09. The number of benzene rings is 1. The van der Waals surface area contributed by atoms with E-state index < -0.39 is 5.91 Å². The second-order valence-corrected chi connectivity index (χ2v) is 4.62. The summed E-state index contributed by atoms with van der Waals surface area (Å²) in [6.07, 6.45) is 0. The van der Waals surface area contributed by atoms with E-state index in [0.717, 1.165) is 0 Å². The van der Waals surface area contributed by atoms with Crippen LogP contribution in [-0.2, 0) is 9.53 Å².